The highest BCUT2D eigenvalue weighted by atomic mass is 15.3. The van der Waals surface area contributed by atoms with Crippen LogP contribution in [0.2, 0.25) is 0 Å². The van der Waals surface area contributed by atoms with Crippen molar-refractivity contribution in [3.8, 4) is 0 Å². The van der Waals surface area contributed by atoms with Gasteiger partial charge in [0.1, 0.15) is 0 Å². The minimum Gasteiger partial charge on any atom is -0.357 e. The van der Waals surface area contributed by atoms with Crippen molar-refractivity contribution in [2.75, 3.05) is 42.2 Å². The van der Waals surface area contributed by atoms with Crippen LogP contribution >= 0.6 is 0 Å². The van der Waals surface area contributed by atoms with Crippen LogP contribution in [0, 0.1) is 11.3 Å². The largest absolute Gasteiger partial charge is 0.357 e. The van der Waals surface area contributed by atoms with E-state index in [9.17, 15) is 0 Å². The lowest BCUT2D eigenvalue weighted by Crippen LogP contribution is -2.30. The van der Waals surface area contributed by atoms with Crippen LogP contribution in [0.15, 0.2) is 0 Å². The molecule has 0 saturated carbocycles. The van der Waals surface area contributed by atoms with Gasteiger partial charge in [-0.2, -0.15) is 15.0 Å². The molecule has 1 heterocycles. The fourth-order valence-corrected chi connectivity index (χ4v) is 1.71. The van der Waals surface area contributed by atoms with Gasteiger partial charge in [0.15, 0.2) is 0 Å². The van der Waals surface area contributed by atoms with E-state index in [0.717, 1.165) is 19.6 Å². The monoisotopic (exact) mass is 294 g/mol. The average Bonchev–Trinajstić information content (AvgIpc) is 2.46. The third kappa shape index (κ3) is 4.72. The summed E-state index contributed by atoms with van der Waals surface area (Å²) in [5.74, 6) is 2.52. The normalized spacial score (nSPS) is 11.6. The molecular weight excluding hydrogens is 264 g/mol. The van der Waals surface area contributed by atoms with Crippen LogP contribution in [0.5, 0.6) is 0 Å². The highest BCUT2D eigenvalue weighted by molar-refractivity contribution is 5.43. The molecule has 0 atom stereocenters. The molecule has 0 radical (unpaired) electrons. The summed E-state index contributed by atoms with van der Waals surface area (Å²) in [5.41, 5.74) is 0.182. The Kier molecular flexibility index (Phi) is 6.18. The molecule has 0 aliphatic rings. The molecule has 0 aliphatic heterocycles. The van der Waals surface area contributed by atoms with E-state index in [4.69, 9.17) is 0 Å². The van der Waals surface area contributed by atoms with E-state index in [0.29, 0.717) is 23.8 Å². The van der Waals surface area contributed by atoms with E-state index in [1.54, 1.807) is 0 Å². The number of hydrogen-bond acceptors (Lipinski definition) is 6. The molecule has 0 unspecified atom stereocenters. The van der Waals surface area contributed by atoms with Crippen LogP contribution in [0.25, 0.3) is 0 Å². The summed E-state index contributed by atoms with van der Waals surface area (Å²) in [4.78, 5) is 15.5. The van der Waals surface area contributed by atoms with Gasteiger partial charge in [-0.1, -0.05) is 27.7 Å². The first-order valence-electron chi connectivity index (χ1n) is 7.76. The molecule has 0 fully saturated rings. The molecule has 6 heteroatoms. The molecule has 0 bridgehead atoms. The van der Waals surface area contributed by atoms with Gasteiger partial charge in [-0.25, -0.2) is 0 Å². The van der Waals surface area contributed by atoms with E-state index >= 15 is 0 Å². The lowest BCUT2D eigenvalue weighted by Gasteiger charge is -2.29. The minimum atomic E-state index is 0.182. The zero-order valence-electron chi connectivity index (χ0n) is 14.5. The van der Waals surface area contributed by atoms with Crippen molar-refractivity contribution in [2.24, 2.45) is 11.3 Å². The average molecular weight is 294 g/mol. The van der Waals surface area contributed by atoms with E-state index in [2.05, 4.69) is 72.0 Å². The molecule has 21 heavy (non-hydrogen) atoms. The predicted octanol–water partition coefficient (Wildman–Crippen LogP) is 2.85. The topological polar surface area (TPSA) is 66.0 Å². The molecule has 120 valence electrons. The number of nitrogens with zero attached hydrogens (tertiary/aromatic N) is 4. The molecule has 6 nitrogen and oxygen atoms in total. The quantitative estimate of drug-likeness (QED) is 0.768. The molecule has 0 aliphatic carbocycles. The molecular formula is C15H30N6. The predicted molar refractivity (Wildman–Crippen MR) is 90.0 cm³/mol. The summed E-state index contributed by atoms with van der Waals surface area (Å²) >= 11 is 0. The van der Waals surface area contributed by atoms with Crippen molar-refractivity contribution in [1.82, 2.24) is 15.0 Å². The number of nitrogens with one attached hydrogen (secondary N) is 2. The van der Waals surface area contributed by atoms with Gasteiger partial charge in [0, 0.05) is 26.7 Å². The van der Waals surface area contributed by atoms with Gasteiger partial charge < -0.3 is 15.5 Å². The Hall–Kier alpha value is -1.59. The molecule has 0 saturated heterocycles. The lowest BCUT2D eigenvalue weighted by molar-refractivity contribution is 0.269. The summed E-state index contributed by atoms with van der Waals surface area (Å²) in [6.07, 6.45) is 0. The van der Waals surface area contributed by atoms with Crippen molar-refractivity contribution >= 4 is 17.8 Å². The van der Waals surface area contributed by atoms with E-state index in [1.807, 2.05) is 7.05 Å². The standard InChI is InChI=1S/C15H30N6/c1-8-21(9-2)14-19-12(16-7)18-13(20-14)17-10-15(5,6)11(3)4/h11H,8-10H2,1-7H3,(H2,16,17,18,19,20). The summed E-state index contributed by atoms with van der Waals surface area (Å²) in [7, 11) is 1.82. The number of hydrogen-bond donors (Lipinski definition) is 2. The minimum absolute atomic E-state index is 0.182. The highest BCUT2D eigenvalue weighted by Gasteiger charge is 2.22. The molecule has 1 rings (SSSR count). The van der Waals surface area contributed by atoms with E-state index < -0.39 is 0 Å². The van der Waals surface area contributed by atoms with E-state index in [1.165, 1.54) is 0 Å². The summed E-state index contributed by atoms with van der Waals surface area (Å²) in [6.45, 7) is 15.7. The van der Waals surface area contributed by atoms with Crippen molar-refractivity contribution in [3.63, 3.8) is 0 Å². The molecule has 1 aromatic rings. The maximum atomic E-state index is 4.54. The van der Waals surface area contributed by atoms with Crippen LogP contribution in [0.1, 0.15) is 41.5 Å². The van der Waals surface area contributed by atoms with Gasteiger partial charge in [0.05, 0.1) is 0 Å². The summed E-state index contributed by atoms with van der Waals surface area (Å²) in [5, 5.41) is 6.36. The fraction of sp³-hybridized carbons (Fsp3) is 0.800. The second-order valence-electron chi connectivity index (χ2n) is 6.20. The van der Waals surface area contributed by atoms with Gasteiger partial charge in [-0.05, 0) is 25.2 Å². The summed E-state index contributed by atoms with van der Waals surface area (Å²) in [6, 6.07) is 0. The maximum Gasteiger partial charge on any atom is 0.231 e. The lowest BCUT2D eigenvalue weighted by atomic mass is 9.81. The SMILES string of the molecule is CCN(CC)c1nc(NC)nc(NCC(C)(C)C(C)C)n1. The molecule has 2 N–H and O–H groups in total. The first-order valence-corrected chi connectivity index (χ1v) is 7.76. The zero-order valence-corrected chi connectivity index (χ0v) is 14.5. The summed E-state index contributed by atoms with van der Waals surface area (Å²) < 4.78 is 0. The van der Waals surface area contributed by atoms with Gasteiger partial charge >= 0.3 is 0 Å². The maximum absolute atomic E-state index is 4.54. The molecule has 0 aromatic carbocycles. The fourth-order valence-electron chi connectivity index (χ4n) is 1.71. The Balaban J connectivity index is 2.94. The Morgan fingerprint density at radius 1 is 1.05 bits per heavy atom. The van der Waals surface area contributed by atoms with Crippen molar-refractivity contribution in [3.05, 3.63) is 0 Å². The van der Waals surface area contributed by atoms with Crippen LogP contribution < -0.4 is 15.5 Å². The molecule has 0 spiro atoms. The molecule has 0 amide bonds. The van der Waals surface area contributed by atoms with Gasteiger partial charge in [0.2, 0.25) is 17.8 Å². The van der Waals surface area contributed by atoms with E-state index in [-0.39, 0.29) is 5.41 Å². The Morgan fingerprint density at radius 2 is 1.62 bits per heavy atom. The Bertz CT molecular complexity index is 440. The van der Waals surface area contributed by atoms with Crippen LogP contribution in [-0.4, -0.2) is 41.6 Å². The van der Waals surface area contributed by atoms with Crippen molar-refractivity contribution < 1.29 is 0 Å². The van der Waals surface area contributed by atoms with Crippen LogP contribution in [0.3, 0.4) is 0 Å². The first kappa shape index (κ1) is 17.5. The van der Waals surface area contributed by atoms with Gasteiger partial charge in [-0.3, -0.25) is 0 Å². The Labute approximate surface area is 128 Å². The van der Waals surface area contributed by atoms with Crippen LogP contribution in [0.4, 0.5) is 17.8 Å². The Morgan fingerprint density at radius 3 is 2.10 bits per heavy atom. The van der Waals surface area contributed by atoms with Gasteiger partial charge in [-0.15, -0.1) is 0 Å². The number of rotatable bonds is 8. The second-order valence-corrected chi connectivity index (χ2v) is 6.20. The van der Waals surface area contributed by atoms with Crippen molar-refractivity contribution in [2.45, 2.75) is 41.5 Å². The van der Waals surface area contributed by atoms with Crippen molar-refractivity contribution in [1.29, 1.82) is 0 Å². The first-order chi connectivity index (χ1) is 9.83. The third-order valence-corrected chi connectivity index (χ3v) is 4.16. The second kappa shape index (κ2) is 7.43. The number of aromatic nitrogens is 3. The number of anilines is 3. The molecule has 1 aromatic heterocycles. The highest BCUT2D eigenvalue weighted by Crippen LogP contribution is 2.26. The zero-order chi connectivity index (χ0) is 16.0. The van der Waals surface area contributed by atoms with Gasteiger partial charge in [0.25, 0.3) is 0 Å². The third-order valence-electron chi connectivity index (χ3n) is 4.16. The van der Waals surface area contributed by atoms with Crippen LogP contribution in [-0.2, 0) is 0 Å². The smallest absolute Gasteiger partial charge is 0.231 e.